The maximum absolute atomic E-state index is 13.3. The van der Waals surface area contributed by atoms with Gasteiger partial charge in [-0.2, -0.15) is 4.98 Å². The predicted octanol–water partition coefficient (Wildman–Crippen LogP) is 4.89. The molecule has 1 N–H and O–H groups in total. The Morgan fingerprint density at radius 2 is 1.69 bits per heavy atom. The number of anilines is 1. The minimum absolute atomic E-state index is 0.147. The van der Waals surface area contributed by atoms with E-state index in [1.54, 1.807) is 0 Å². The summed E-state index contributed by atoms with van der Waals surface area (Å²) < 4.78 is 12.2. The van der Waals surface area contributed by atoms with Crippen LogP contribution >= 0.6 is 0 Å². The summed E-state index contributed by atoms with van der Waals surface area (Å²) >= 11 is 0. The van der Waals surface area contributed by atoms with E-state index in [4.69, 9.17) is 9.26 Å². The molecule has 4 aromatic rings. The van der Waals surface area contributed by atoms with Gasteiger partial charge in [0.15, 0.2) is 6.10 Å². The SMILES string of the molecule is C[N+]1(Cc2noc(-c3ccccc3)n2)CC[C@@H](OC(=O)C(CNc2ccccc2)c2ccccc2)C1. The number of carbonyl (C=O) groups is 1. The highest BCUT2D eigenvalue weighted by molar-refractivity contribution is 5.79. The lowest BCUT2D eigenvalue weighted by molar-refractivity contribution is -0.912. The molecule has 2 unspecified atom stereocenters. The minimum atomic E-state index is -0.392. The zero-order valence-electron chi connectivity index (χ0n) is 20.4. The number of quaternary nitrogens is 1. The largest absolute Gasteiger partial charge is 0.456 e. The number of para-hydroxylation sites is 1. The zero-order valence-corrected chi connectivity index (χ0v) is 20.4. The van der Waals surface area contributed by atoms with Crippen LogP contribution < -0.4 is 5.32 Å². The molecular formula is C29H31N4O3+. The van der Waals surface area contributed by atoms with Crippen LogP contribution in [0.25, 0.3) is 11.5 Å². The fraction of sp³-hybridized carbons (Fsp3) is 0.276. The number of nitrogens with one attached hydrogen (secondary N) is 1. The number of aromatic nitrogens is 2. The third-order valence-electron chi connectivity index (χ3n) is 6.70. The van der Waals surface area contributed by atoms with Crippen molar-refractivity contribution in [2.75, 3.05) is 32.0 Å². The van der Waals surface area contributed by atoms with E-state index >= 15 is 0 Å². The second-order valence-electron chi connectivity index (χ2n) is 9.62. The molecule has 1 aliphatic heterocycles. The monoisotopic (exact) mass is 483 g/mol. The average Bonchev–Trinajstić information content (AvgIpc) is 3.52. The van der Waals surface area contributed by atoms with Crippen molar-refractivity contribution in [3.8, 4) is 11.5 Å². The summed E-state index contributed by atoms with van der Waals surface area (Å²) in [6.07, 6.45) is 0.658. The number of ether oxygens (including phenoxy) is 1. The van der Waals surface area contributed by atoms with Crippen molar-refractivity contribution >= 4 is 11.7 Å². The summed E-state index contributed by atoms with van der Waals surface area (Å²) in [6, 6.07) is 29.5. The summed E-state index contributed by atoms with van der Waals surface area (Å²) in [4.78, 5) is 17.9. The van der Waals surface area contributed by atoms with Gasteiger partial charge in [0.2, 0.25) is 5.82 Å². The van der Waals surface area contributed by atoms with Gasteiger partial charge in [-0.15, -0.1) is 0 Å². The number of likely N-dealkylation sites (N-methyl/N-ethyl adjacent to an activating group) is 1. The quantitative estimate of drug-likeness (QED) is 0.270. The molecule has 3 atom stereocenters. The summed E-state index contributed by atoms with van der Waals surface area (Å²) in [7, 11) is 2.15. The van der Waals surface area contributed by atoms with E-state index in [9.17, 15) is 4.79 Å². The van der Waals surface area contributed by atoms with Crippen molar-refractivity contribution in [3.63, 3.8) is 0 Å². The number of benzene rings is 3. The third kappa shape index (κ3) is 5.80. The van der Waals surface area contributed by atoms with Crippen LogP contribution in [0, 0.1) is 0 Å². The van der Waals surface area contributed by atoms with Crippen molar-refractivity contribution in [1.29, 1.82) is 0 Å². The first-order valence-corrected chi connectivity index (χ1v) is 12.3. The highest BCUT2D eigenvalue weighted by Crippen LogP contribution is 2.26. The lowest BCUT2D eigenvalue weighted by Gasteiger charge is -2.28. The van der Waals surface area contributed by atoms with Gasteiger partial charge in [-0.25, -0.2) is 0 Å². The van der Waals surface area contributed by atoms with E-state index in [0.29, 0.717) is 35.8 Å². The molecule has 7 heteroatoms. The van der Waals surface area contributed by atoms with Crippen LogP contribution in [0.2, 0.25) is 0 Å². The highest BCUT2D eigenvalue weighted by Gasteiger charge is 2.39. The molecule has 1 saturated heterocycles. The standard InChI is InChI=1S/C29H31N4O3/c1-33(21-27-31-28(36-32-27)23-13-7-3-8-14-23)18-17-25(20-33)35-29(34)26(22-11-5-2-6-12-22)19-30-24-15-9-4-10-16-24/h2-16,25-26,30H,17-21H2,1H3/q+1/t25-,26?,33?/m1/s1. The Morgan fingerprint density at radius 3 is 2.42 bits per heavy atom. The van der Waals surface area contributed by atoms with E-state index in [1.165, 1.54) is 0 Å². The van der Waals surface area contributed by atoms with Crippen molar-refractivity contribution in [1.82, 2.24) is 10.1 Å². The number of carbonyl (C=O) groups excluding carboxylic acids is 1. The molecule has 5 rings (SSSR count). The molecule has 2 heterocycles. The molecule has 1 aliphatic rings. The Labute approximate surface area is 211 Å². The van der Waals surface area contributed by atoms with E-state index in [-0.39, 0.29) is 12.1 Å². The number of nitrogens with zero attached hydrogens (tertiary/aromatic N) is 3. The number of hydrogen-bond donors (Lipinski definition) is 1. The first-order chi connectivity index (χ1) is 17.6. The van der Waals surface area contributed by atoms with Crippen molar-refractivity contribution < 1.29 is 18.5 Å². The molecule has 1 fully saturated rings. The molecule has 0 saturated carbocycles. The van der Waals surface area contributed by atoms with Crippen molar-refractivity contribution in [2.24, 2.45) is 0 Å². The summed E-state index contributed by atoms with van der Waals surface area (Å²) in [5.74, 6) is 0.596. The van der Waals surface area contributed by atoms with Crippen LogP contribution in [0.1, 0.15) is 23.7 Å². The van der Waals surface area contributed by atoms with Crippen molar-refractivity contribution in [2.45, 2.75) is 25.0 Å². The fourth-order valence-corrected chi connectivity index (χ4v) is 4.77. The summed E-state index contributed by atoms with van der Waals surface area (Å²) in [5, 5.41) is 7.57. The lowest BCUT2D eigenvalue weighted by Crippen LogP contribution is -2.42. The minimum Gasteiger partial charge on any atom is -0.456 e. The molecule has 0 amide bonds. The predicted molar refractivity (Wildman–Crippen MR) is 138 cm³/mol. The smallest absolute Gasteiger partial charge is 0.315 e. The number of hydrogen-bond acceptors (Lipinski definition) is 6. The van der Waals surface area contributed by atoms with Crippen LogP contribution in [0.5, 0.6) is 0 Å². The number of esters is 1. The molecule has 7 nitrogen and oxygen atoms in total. The summed E-state index contributed by atoms with van der Waals surface area (Å²) in [6.45, 7) is 2.69. The molecule has 1 aromatic heterocycles. The fourth-order valence-electron chi connectivity index (χ4n) is 4.77. The van der Waals surface area contributed by atoms with Crippen LogP contribution in [0.3, 0.4) is 0 Å². The second-order valence-corrected chi connectivity index (χ2v) is 9.62. The topological polar surface area (TPSA) is 77.2 Å². The van der Waals surface area contributed by atoms with Gasteiger partial charge in [0.25, 0.3) is 5.89 Å². The van der Waals surface area contributed by atoms with E-state index in [1.807, 2.05) is 91.0 Å². The van der Waals surface area contributed by atoms with E-state index in [2.05, 4.69) is 22.5 Å². The van der Waals surface area contributed by atoms with Crippen LogP contribution in [0.15, 0.2) is 95.5 Å². The molecule has 0 radical (unpaired) electrons. The van der Waals surface area contributed by atoms with Gasteiger partial charge in [0.05, 0.1) is 19.5 Å². The summed E-state index contributed by atoms with van der Waals surface area (Å²) in [5.41, 5.74) is 2.83. The van der Waals surface area contributed by atoms with Crippen LogP contribution in [0.4, 0.5) is 5.69 Å². The molecule has 0 spiro atoms. The third-order valence-corrected chi connectivity index (χ3v) is 6.70. The van der Waals surface area contributed by atoms with Gasteiger partial charge in [-0.1, -0.05) is 71.9 Å². The van der Waals surface area contributed by atoms with Crippen molar-refractivity contribution in [3.05, 3.63) is 102 Å². The Kier molecular flexibility index (Phi) is 7.09. The molecule has 0 aliphatic carbocycles. The van der Waals surface area contributed by atoms with Gasteiger partial charge < -0.3 is 19.1 Å². The maximum atomic E-state index is 13.3. The van der Waals surface area contributed by atoms with E-state index < -0.39 is 5.92 Å². The second kappa shape index (κ2) is 10.7. The first-order valence-electron chi connectivity index (χ1n) is 12.3. The first kappa shape index (κ1) is 23.8. The lowest BCUT2D eigenvalue weighted by atomic mass is 9.99. The van der Waals surface area contributed by atoms with Gasteiger partial charge in [-0.3, -0.25) is 4.79 Å². The average molecular weight is 484 g/mol. The Hall–Kier alpha value is -3.97. The molecule has 0 bridgehead atoms. The Morgan fingerprint density at radius 1 is 1.03 bits per heavy atom. The zero-order chi connectivity index (χ0) is 24.8. The van der Waals surface area contributed by atoms with Gasteiger partial charge in [0.1, 0.15) is 13.1 Å². The Balaban J connectivity index is 1.21. The van der Waals surface area contributed by atoms with Gasteiger partial charge in [-0.05, 0) is 29.8 Å². The molecule has 3 aromatic carbocycles. The van der Waals surface area contributed by atoms with Crippen LogP contribution in [-0.2, 0) is 16.1 Å². The van der Waals surface area contributed by atoms with Gasteiger partial charge in [0, 0.05) is 24.2 Å². The van der Waals surface area contributed by atoms with Gasteiger partial charge >= 0.3 is 5.97 Å². The number of rotatable bonds is 9. The highest BCUT2D eigenvalue weighted by atomic mass is 16.5. The normalized spacial score (nSPS) is 20.1. The molecule has 184 valence electrons. The van der Waals surface area contributed by atoms with Crippen LogP contribution in [-0.4, -0.2) is 53.4 Å². The number of likely N-dealkylation sites (tertiary alicyclic amines) is 1. The molecular weight excluding hydrogens is 452 g/mol. The van der Waals surface area contributed by atoms with E-state index in [0.717, 1.165) is 29.8 Å². The Bertz CT molecular complexity index is 1260. The maximum Gasteiger partial charge on any atom is 0.315 e. The molecule has 36 heavy (non-hydrogen) atoms.